The third kappa shape index (κ3) is 6.40. The minimum absolute atomic E-state index is 0.124. The third-order valence-corrected chi connectivity index (χ3v) is 12.9. The van der Waals surface area contributed by atoms with Crippen LogP contribution in [0.5, 0.6) is 11.5 Å². The number of Topliss-reactive ketones (excluding diaryl/α,β-unsaturated/α-hetero) is 2. The second-order valence-corrected chi connectivity index (χ2v) is 16.4. The van der Waals surface area contributed by atoms with Gasteiger partial charge in [0, 0.05) is 0 Å². The summed E-state index contributed by atoms with van der Waals surface area (Å²) in [7, 11) is -3.39. The zero-order valence-corrected chi connectivity index (χ0v) is 26.8. The minimum Gasteiger partial charge on any atom is -0.534 e. The van der Waals surface area contributed by atoms with Gasteiger partial charge in [0.1, 0.15) is 11.5 Å². The molecule has 6 rings (SSSR count). The maximum absolute atomic E-state index is 14.1. The molecule has 0 spiro atoms. The number of benzene rings is 4. The molecule has 15 heteroatoms. The summed E-state index contributed by atoms with van der Waals surface area (Å²) in [5, 5.41) is 14.3. The van der Waals surface area contributed by atoms with Gasteiger partial charge < -0.3 is 20.2 Å². The zero-order chi connectivity index (χ0) is 36.1. The van der Waals surface area contributed by atoms with Crippen LogP contribution in [0.4, 0.5) is 37.7 Å². The van der Waals surface area contributed by atoms with Gasteiger partial charge in [0.15, 0.2) is 0 Å². The molecule has 0 radical (unpaired) electrons. The number of amides is 2. The van der Waals surface area contributed by atoms with Crippen molar-refractivity contribution in [1.29, 1.82) is 0 Å². The average molecular weight is 701 g/mol. The van der Waals surface area contributed by atoms with Crippen molar-refractivity contribution in [2.24, 2.45) is 0 Å². The number of phenols is 1. The number of hydrogen-bond donors (Lipinski definition) is 3. The van der Waals surface area contributed by atoms with Gasteiger partial charge in [0.2, 0.25) is 0 Å². The molecule has 2 aliphatic heterocycles. The Morgan fingerprint density at radius 2 is 1.02 bits per heavy atom. The maximum Gasteiger partial charge on any atom is 0.420 e. The summed E-state index contributed by atoms with van der Waals surface area (Å²) in [4.78, 5) is 46.1. The number of phenolic OH excluding ortho intramolecular Hbond substituents is 1. The Labute approximate surface area is 275 Å². The smallest absolute Gasteiger partial charge is 0.420 e. The van der Waals surface area contributed by atoms with E-state index >= 15 is 0 Å². The molecule has 49 heavy (non-hydrogen) atoms. The second-order valence-electron chi connectivity index (χ2n) is 12.1. The number of carbonyl (C=O) groups excluding carboxylic acids is 4. The fourth-order valence-electron chi connectivity index (χ4n) is 5.70. The number of carbonyl (C=O) groups is 4. The Kier molecular flexibility index (Phi) is 8.70. The number of anilines is 2. The molecule has 0 aromatic heterocycles. The van der Waals surface area contributed by atoms with E-state index in [-0.39, 0.29) is 22.5 Å². The first-order valence-electron chi connectivity index (χ1n) is 14.5. The lowest BCUT2D eigenvalue weighted by Gasteiger charge is -2.43. The standard InChI is InChI=1S/C25H22F3NO3Si.C9H4F3NO3/c1-24(2,3)33(16-10-6-4-7-11-16,17-12-8-5-9-13-17)32-21-14-18-20(29-23(31)22(18)30)15-19(21)25(26,27)28;10-9(11,12)4-2-5-3(1-6(4)14)7(15)8(16)13-5/h4-15H,1-3H3,(H,29,30,31);1-2,14H,(H,13,15,16). The van der Waals surface area contributed by atoms with Crippen LogP contribution in [0.3, 0.4) is 0 Å². The summed E-state index contributed by atoms with van der Waals surface area (Å²) < 4.78 is 86.0. The average Bonchev–Trinajstić information content (AvgIpc) is 3.46. The molecule has 2 aliphatic rings. The molecule has 0 atom stereocenters. The number of ketones is 2. The number of aromatic hydroxyl groups is 1. The first kappa shape index (κ1) is 34.9. The van der Waals surface area contributed by atoms with Crippen molar-refractivity contribution in [3.05, 3.63) is 107 Å². The number of hydrogen-bond acceptors (Lipinski definition) is 6. The van der Waals surface area contributed by atoms with Crippen LogP contribution in [-0.4, -0.2) is 36.8 Å². The van der Waals surface area contributed by atoms with E-state index in [9.17, 15) is 45.5 Å². The number of fused-ring (bicyclic) bond motifs is 2. The maximum atomic E-state index is 14.1. The molecule has 0 aliphatic carbocycles. The van der Waals surface area contributed by atoms with Crippen LogP contribution >= 0.6 is 0 Å². The summed E-state index contributed by atoms with van der Waals surface area (Å²) in [6.45, 7) is 5.82. The summed E-state index contributed by atoms with van der Waals surface area (Å²) in [6.07, 6.45) is -9.50. The van der Waals surface area contributed by atoms with E-state index in [1.807, 2.05) is 86.8 Å². The molecule has 0 saturated heterocycles. The van der Waals surface area contributed by atoms with Crippen LogP contribution < -0.4 is 25.4 Å². The molecule has 2 heterocycles. The SMILES string of the molecule is CC(C)(C)[Si](Oc1cc2c(cc1C(F)(F)F)NC(=O)C2=O)(c1ccccc1)c1ccccc1.O=C1Nc2cc(C(F)(F)F)c(O)cc2C1=O. The predicted octanol–water partition coefficient (Wildman–Crippen LogP) is 6.32. The molecular weight excluding hydrogens is 674 g/mol. The molecule has 0 saturated carbocycles. The van der Waals surface area contributed by atoms with Gasteiger partial charge in [0.05, 0.1) is 33.6 Å². The Bertz CT molecular complexity index is 1950. The monoisotopic (exact) mass is 700 g/mol. The number of halogens is 6. The highest BCUT2D eigenvalue weighted by atomic mass is 28.4. The topological polar surface area (TPSA) is 122 Å². The van der Waals surface area contributed by atoms with Crippen LogP contribution in [0.25, 0.3) is 0 Å². The number of rotatable bonds is 4. The Morgan fingerprint density at radius 3 is 1.43 bits per heavy atom. The van der Waals surface area contributed by atoms with E-state index in [4.69, 9.17) is 9.53 Å². The van der Waals surface area contributed by atoms with Gasteiger partial charge in [-0.1, -0.05) is 81.4 Å². The van der Waals surface area contributed by atoms with E-state index < -0.39 is 71.7 Å². The van der Waals surface area contributed by atoms with Crippen molar-refractivity contribution in [2.75, 3.05) is 10.6 Å². The fraction of sp³-hybridized carbons (Fsp3) is 0.176. The van der Waals surface area contributed by atoms with Gasteiger partial charge >= 0.3 is 20.7 Å². The van der Waals surface area contributed by atoms with E-state index in [0.717, 1.165) is 22.5 Å². The molecule has 4 aromatic rings. The molecule has 2 amide bonds. The van der Waals surface area contributed by atoms with E-state index in [0.29, 0.717) is 12.1 Å². The lowest BCUT2D eigenvalue weighted by molar-refractivity contribution is -0.139. The van der Waals surface area contributed by atoms with Gasteiger partial charge in [-0.25, -0.2) is 0 Å². The van der Waals surface area contributed by atoms with Crippen molar-refractivity contribution >= 4 is 53.4 Å². The van der Waals surface area contributed by atoms with Crippen LogP contribution in [0, 0.1) is 0 Å². The van der Waals surface area contributed by atoms with E-state index in [1.54, 1.807) is 0 Å². The third-order valence-electron chi connectivity index (χ3n) is 7.94. The number of alkyl halides is 6. The first-order valence-corrected chi connectivity index (χ1v) is 16.4. The first-order chi connectivity index (χ1) is 22.8. The van der Waals surface area contributed by atoms with Crippen molar-refractivity contribution in [3.63, 3.8) is 0 Å². The normalized spacial score (nSPS) is 14.4. The Hall–Kier alpha value is -5.44. The summed E-state index contributed by atoms with van der Waals surface area (Å²) in [6, 6.07) is 21.4. The summed E-state index contributed by atoms with van der Waals surface area (Å²) >= 11 is 0. The number of nitrogens with one attached hydrogen (secondary N) is 2. The highest BCUT2D eigenvalue weighted by Crippen LogP contribution is 2.45. The van der Waals surface area contributed by atoms with Gasteiger partial charge in [-0.2, -0.15) is 26.3 Å². The Morgan fingerprint density at radius 1 is 0.612 bits per heavy atom. The molecule has 0 bridgehead atoms. The van der Waals surface area contributed by atoms with Crippen LogP contribution in [0.15, 0.2) is 84.9 Å². The quantitative estimate of drug-likeness (QED) is 0.0992. The van der Waals surface area contributed by atoms with Crippen LogP contribution in [-0.2, 0) is 21.9 Å². The molecule has 4 aromatic carbocycles. The fourth-order valence-corrected chi connectivity index (χ4v) is 10.1. The summed E-state index contributed by atoms with van der Waals surface area (Å²) in [5.74, 6) is -5.34. The molecule has 254 valence electrons. The van der Waals surface area contributed by atoms with E-state index in [1.165, 1.54) is 0 Å². The molecule has 0 fully saturated rings. The van der Waals surface area contributed by atoms with Gasteiger partial charge in [0.25, 0.3) is 23.4 Å². The Balaban J connectivity index is 0.000000244. The van der Waals surface area contributed by atoms with Gasteiger partial charge in [-0.15, -0.1) is 0 Å². The van der Waals surface area contributed by atoms with Crippen LogP contribution in [0.1, 0.15) is 52.6 Å². The van der Waals surface area contributed by atoms with Crippen molar-refractivity contribution in [1.82, 2.24) is 0 Å². The van der Waals surface area contributed by atoms with E-state index in [2.05, 4.69) is 5.32 Å². The van der Waals surface area contributed by atoms with Gasteiger partial charge in [-0.3, -0.25) is 19.2 Å². The largest absolute Gasteiger partial charge is 0.534 e. The molecule has 0 unspecified atom stereocenters. The van der Waals surface area contributed by atoms with Crippen molar-refractivity contribution < 1.29 is 55.1 Å². The highest BCUT2D eigenvalue weighted by molar-refractivity contribution is 7.00. The molecular formula is C34H26F6N2O6Si. The van der Waals surface area contributed by atoms with Crippen molar-refractivity contribution in [2.45, 2.75) is 38.2 Å². The predicted molar refractivity (Wildman–Crippen MR) is 169 cm³/mol. The lowest BCUT2D eigenvalue weighted by atomic mass is 10.1. The lowest BCUT2D eigenvalue weighted by Crippen LogP contribution is -2.69. The molecule has 8 nitrogen and oxygen atoms in total. The second kappa shape index (κ2) is 12.2. The van der Waals surface area contributed by atoms with Crippen molar-refractivity contribution in [3.8, 4) is 11.5 Å². The highest BCUT2D eigenvalue weighted by Gasteiger charge is 2.53. The molecule has 3 N–H and O–H groups in total. The minimum atomic E-state index is -4.76. The van der Waals surface area contributed by atoms with Gasteiger partial charge in [-0.05, 0) is 39.7 Å². The zero-order valence-electron chi connectivity index (χ0n) is 25.8. The summed E-state index contributed by atoms with van der Waals surface area (Å²) in [5.41, 5.74) is -3.10. The van der Waals surface area contributed by atoms with Crippen LogP contribution in [0.2, 0.25) is 5.04 Å².